The monoisotopic (exact) mass is 270 g/mol. The van der Waals surface area contributed by atoms with E-state index in [9.17, 15) is 0 Å². The Morgan fingerprint density at radius 1 is 0.524 bits per heavy atom. The van der Waals surface area contributed by atoms with Crippen LogP contribution in [0.3, 0.4) is 0 Å². The summed E-state index contributed by atoms with van der Waals surface area (Å²) in [5.74, 6) is 0. The van der Waals surface area contributed by atoms with Crippen LogP contribution in [0.15, 0.2) is 78.9 Å². The molecule has 0 aliphatic rings. The lowest BCUT2D eigenvalue weighted by molar-refractivity contribution is 0.960. The summed E-state index contributed by atoms with van der Waals surface area (Å²) in [7, 11) is 2.12. The summed E-state index contributed by atoms with van der Waals surface area (Å²) >= 11 is 0. The summed E-state index contributed by atoms with van der Waals surface area (Å²) in [6.45, 7) is 0. The summed E-state index contributed by atoms with van der Waals surface area (Å²) in [5, 5.41) is 0. The zero-order valence-electron chi connectivity index (χ0n) is 12.4. The minimum absolute atomic E-state index is 1.10. The van der Waals surface area contributed by atoms with Crippen molar-refractivity contribution in [2.75, 3.05) is 0 Å². The fraction of sp³-hybridized carbons (Fsp3) is 0.100. The van der Waals surface area contributed by atoms with E-state index in [-0.39, 0.29) is 0 Å². The van der Waals surface area contributed by atoms with E-state index in [4.69, 9.17) is 0 Å². The van der Waals surface area contributed by atoms with E-state index >= 15 is 0 Å². The van der Waals surface area contributed by atoms with Crippen LogP contribution in [-0.2, 0) is 12.8 Å². The highest BCUT2D eigenvalue weighted by Gasteiger charge is 1.99. The molecular formula is C20H19B. The van der Waals surface area contributed by atoms with Crippen LogP contribution in [0.25, 0.3) is 11.1 Å². The molecule has 0 heterocycles. The molecule has 0 saturated carbocycles. The van der Waals surface area contributed by atoms with E-state index in [2.05, 4.69) is 86.7 Å². The summed E-state index contributed by atoms with van der Waals surface area (Å²) < 4.78 is 0. The molecule has 3 aromatic carbocycles. The Morgan fingerprint density at radius 2 is 1.00 bits per heavy atom. The molecule has 0 bridgehead atoms. The maximum atomic E-state index is 2.25. The second-order valence-electron chi connectivity index (χ2n) is 5.55. The van der Waals surface area contributed by atoms with E-state index in [1.165, 1.54) is 27.7 Å². The van der Waals surface area contributed by atoms with Crippen LogP contribution in [0.4, 0.5) is 0 Å². The summed E-state index contributed by atoms with van der Waals surface area (Å²) in [4.78, 5) is 0. The highest BCUT2D eigenvalue weighted by atomic mass is 14.0. The molecule has 0 spiro atoms. The number of hydrogen-bond donors (Lipinski definition) is 0. The molecule has 0 nitrogen and oxygen atoms in total. The van der Waals surface area contributed by atoms with E-state index in [1.807, 2.05) is 0 Å². The standard InChI is InChI=1S/C20H19B/c21-20-14-12-19(13-15-20)18-10-8-17(9-11-18)7-6-16-4-2-1-3-5-16/h1-5,8-15H,6-7,21H2. The van der Waals surface area contributed by atoms with Gasteiger partial charge in [0.05, 0.1) is 0 Å². The van der Waals surface area contributed by atoms with Gasteiger partial charge >= 0.3 is 0 Å². The van der Waals surface area contributed by atoms with Gasteiger partial charge in [-0.25, -0.2) is 0 Å². The van der Waals surface area contributed by atoms with Gasteiger partial charge in [-0.1, -0.05) is 84.3 Å². The smallest absolute Gasteiger partial charge is 0.0889 e. The van der Waals surface area contributed by atoms with Gasteiger partial charge in [0.25, 0.3) is 0 Å². The lowest BCUT2D eigenvalue weighted by atomic mass is 9.93. The highest BCUT2D eigenvalue weighted by molar-refractivity contribution is 6.32. The van der Waals surface area contributed by atoms with Crippen molar-refractivity contribution < 1.29 is 0 Å². The molecule has 0 saturated heterocycles. The van der Waals surface area contributed by atoms with Gasteiger partial charge in [-0.2, -0.15) is 0 Å². The van der Waals surface area contributed by atoms with Crippen LogP contribution in [0.2, 0.25) is 0 Å². The third-order valence-corrected chi connectivity index (χ3v) is 3.88. The Balaban J connectivity index is 1.68. The Bertz CT molecular complexity index is 682. The third kappa shape index (κ3) is 3.63. The molecule has 0 atom stereocenters. The molecular weight excluding hydrogens is 251 g/mol. The molecule has 0 amide bonds. The first-order valence-electron chi connectivity index (χ1n) is 7.51. The quantitative estimate of drug-likeness (QED) is 0.637. The lowest BCUT2D eigenvalue weighted by Crippen LogP contribution is -1.99. The van der Waals surface area contributed by atoms with Crippen molar-refractivity contribution in [1.29, 1.82) is 0 Å². The summed E-state index contributed by atoms with van der Waals surface area (Å²) in [6.07, 6.45) is 2.20. The molecule has 0 fully saturated rings. The van der Waals surface area contributed by atoms with Gasteiger partial charge in [0.1, 0.15) is 7.85 Å². The van der Waals surface area contributed by atoms with Crippen molar-refractivity contribution >= 4 is 13.3 Å². The molecule has 0 N–H and O–H groups in total. The second-order valence-corrected chi connectivity index (χ2v) is 5.55. The first-order valence-corrected chi connectivity index (χ1v) is 7.51. The van der Waals surface area contributed by atoms with Gasteiger partial charge in [0, 0.05) is 0 Å². The molecule has 1 heteroatoms. The van der Waals surface area contributed by atoms with Crippen molar-refractivity contribution in [3.8, 4) is 11.1 Å². The third-order valence-electron chi connectivity index (χ3n) is 3.88. The van der Waals surface area contributed by atoms with Crippen molar-refractivity contribution in [2.24, 2.45) is 0 Å². The lowest BCUT2D eigenvalue weighted by Gasteiger charge is -2.05. The van der Waals surface area contributed by atoms with Gasteiger partial charge < -0.3 is 0 Å². The number of rotatable bonds is 4. The first-order chi connectivity index (χ1) is 10.3. The van der Waals surface area contributed by atoms with Crippen molar-refractivity contribution in [2.45, 2.75) is 12.8 Å². The summed E-state index contributed by atoms with van der Waals surface area (Å²) in [5.41, 5.74) is 6.68. The maximum Gasteiger partial charge on any atom is 0.139 e. The molecule has 21 heavy (non-hydrogen) atoms. The number of aryl methyl sites for hydroxylation is 2. The SMILES string of the molecule is Bc1ccc(-c2ccc(CCc3ccccc3)cc2)cc1. The minimum atomic E-state index is 1.10. The van der Waals surface area contributed by atoms with Gasteiger partial charge in [-0.05, 0) is 35.1 Å². The maximum absolute atomic E-state index is 2.25. The van der Waals surface area contributed by atoms with Crippen molar-refractivity contribution in [3.05, 3.63) is 90.0 Å². The second kappa shape index (κ2) is 6.45. The molecule has 3 rings (SSSR count). The fourth-order valence-corrected chi connectivity index (χ4v) is 2.54. The average Bonchev–Trinajstić information content (AvgIpc) is 2.55. The number of hydrogen-bond acceptors (Lipinski definition) is 0. The van der Waals surface area contributed by atoms with E-state index in [0.717, 1.165) is 12.8 Å². The Morgan fingerprint density at radius 3 is 1.57 bits per heavy atom. The fourth-order valence-electron chi connectivity index (χ4n) is 2.54. The molecule has 0 aliphatic heterocycles. The Kier molecular flexibility index (Phi) is 4.21. The minimum Gasteiger partial charge on any atom is -0.0889 e. The molecule has 0 unspecified atom stereocenters. The molecule has 0 aromatic heterocycles. The van der Waals surface area contributed by atoms with Crippen LogP contribution >= 0.6 is 0 Å². The van der Waals surface area contributed by atoms with E-state index in [0.29, 0.717) is 0 Å². The van der Waals surface area contributed by atoms with Gasteiger partial charge in [0.15, 0.2) is 0 Å². The predicted molar refractivity (Wildman–Crippen MR) is 93.9 cm³/mol. The van der Waals surface area contributed by atoms with Crippen molar-refractivity contribution in [1.82, 2.24) is 0 Å². The molecule has 102 valence electrons. The average molecular weight is 270 g/mol. The molecule has 3 aromatic rings. The van der Waals surface area contributed by atoms with Crippen LogP contribution in [0.1, 0.15) is 11.1 Å². The largest absolute Gasteiger partial charge is 0.139 e. The van der Waals surface area contributed by atoms with Crippen LogP contribution in [-0.4, -0.2) is 7.85 Å². The topological polar surface area (TPSA) is 0 Å². The zero-order chi connectivity index (χ0) is 14.5. The van der Waals surface area contributed by atoms with Crippen LogP contribution < -0.4 is 5.46 Å². The van der Waals surface area contributed by atoms with Crippen molar-refractivity contribution in [3.63, 3.8) is 0 Å². The van der Waals surface area contributed by atoms with E-state index in [1.54, 1.807) is 0 Å². The highest BCUT2D eigenvalue weighted by Crippen LogP contribution is 2.19. The molecule has 0 radical (unpaired) electrons. The Labute approximate surface area is 127 Å². The normalized spacial score (nSPS) is 10.5. The van der Waals surface area contributed by atoms with Gasteiger partial charge in [-0.15, -0.1) is 0 Å². The first kappa shape index (κ1) is 13.7. The van der Waals surface area contributed by atoms with Gasteiger partial charge in [0.2, 0.25) is 0 Å². The molecule has 0 aliphatic carbocycles. The van der Waals surface area contributed by atoms with Crippen LogP contribution in [0.5, 0.6) is 0 Å². The van der Waals surface area contributed by atoms with E-state index < -0.39 is 0 Å². The van der Waals surface area contributed by atoms with Crippen LogP contribution in [0, 0.1) is 0 Å². The van der Waals surface area contributed by atoms with Gasteiger partial charge in [-0.3, -0.25) is 0 Å². The zero-order valence-corrected chi connectivity index (χ0v) is 12.4. The summed E-state index contributed by atoms with van der Waals surface area (Å²) in [6, 6.07) is 28.3. The Hall–Kier alpha value is -2.28. The predicted octanol–water partition coefficient (Wildman–Crippen LogP) is 3.40. The number of benzene rings is 3.